The maximum absolute atomic E-state index is 12.9. The van der Waals surface area contributed by atoms with Gasteiger partial charge in [0.2, 0.25) is 0 Å². The van der Waals surface area contributed by atoms with Gasteiger partial charge in [-0.25, -0.2) is 0 Å². The summed E-state index contributed by atoms with van der Waals surface area (Å²) in [5.41, 5.74) is 5.41. The molecule has 1 atom stereocenters. The van der Waals surface area contributed by atoms with Crippen LogP contribution in [0, 0.1) is 5.92 Å². The van der Waals surface area contributed by atoms with Crippen molar-refractivity contribution < 1.29 is 4.79 Å². The predicted molar refractivity (Wildman–Crippen MR) is 96.0 cm³/mol. The third-order valence-corrected chi connectivity index (χ3v) is 5.29. The second-order valence-corrected chi connectivity index (χ2v) is 6.65. The van der Waals surface area contributed by atoms with E-state index < -0.39 is 0 Å². The molecule has 0 aromatic carbocycles. The lowest BCUT2D eigenvalue weighted by Crippen LogP contribution is -2.38. The summed E-state index contributed by atoms with van der Waals surface area (Å²) in [5.74, 6) is 0.741. The average Bonchev–Trinajstić information content (AvgIpc) is 2.89. The summed E-state index contributed by atoms with van der Waals surface area (Å²) in [7, 11) is 0. The summed E-state index contributed by atoms with van der Waals surface area (Å²) in [4.78, 5) is 19.2. The molecule has 2 aromatic heterocycles. The topological polar surface area (TPSA) is 51.0 Å². The number of carbonyl (C=O) groups excluding carboxylic acids is 1. The summed E-state index contributed by atoms with van der Waals surface area (Å²) in [6.07, 6.45) is 7.92. The van der Waals surface area contributed by atoms with Crippen LogP contribution in [0.2, 0.25) is 0 Å². The van der Waals surface area contributed by atoms with E-state index in [9.17, 15) is 4.79 Å². The molecule has 3 aliphatic rings. The zero-order chi connectivity index (χ0) is 14.7. The van der Waals surface area contributed by atoms with Crippen molar-refractivity contribution in [1.82, 2.24) is 19.7 Å². The first kappa shape index (κ1) is 17.2. The van der Waals surface area contributed by atoms with Gasteiger partial charge in [0, 0.05) is 43.2 Å². The van der Waals surface area contributed by atoms with Crippen LogP contribution in [-0.2, 0) is 19.4 Å². The fourth-order valence-corrected chi connectivity index (χ4v) is 4.23. The molecule has 1 aliphatic carbocycles. The van der Waals surface area contributed by atoms with Crippen molar-refractivity contribution in [1.29, 1.82) is 0 Å². The molecule has 0 radical (unpaired) electrons. The van der Waals surface area contributed by atoms with Gasteiger partial charge in [0.1, 0.15) is 5.69 Å². The molecule has 2 bridgehead atoms. The Morgan fingerprint density at radius 1 is 1.17 bits per heavy atom. The molecule has 0 spiro atoms. The molecule has 4 heterocycles. The number of hydrogen-bond donors (Lipinski definition) is 0. The molecule has 2 aromatic rings. The minimum Gasteiger partial charge on any atom is -0.337 e. The average molecular weight is 367 g/mol. The summed E-state index contributed by atoms with van der Waals surface area (Å²) in [5, 5.41) is 4.84. The van der Waals surface area contributed by atoms with E-state index in [4.69, 9.17) is 5.10 Å². The third-order valence-electron chi connectivity index (χ3n) is 5.29. The van der Waals surface area contributed by atoms with E-state index in [1.54, 1.807) is 0 Å². The first-order valence-electron chi connectivity index (χ1n) is 8.13. The van der Waals surface area contributed by atoms with Crippen LogP contribution in [0.3, 0.4) is 0 Å². The van der Waals surface area contributed by atoms with Crippen LogP contribution >= 0.6 is 24.8 Å². The maximum atomic E-state index is 12.9. The highest BCUT2D eigenvalue weighted by Crippen LogP contribution is 2.36. The molecule has 2 aliphatic heterocycles. The van der Waals surface area contributed by atoms with E-state index in [2.05, 4.69) is 4.98 Å². The maximum Gasteiger partial charge on any atom is 0.272 e. The Morgan fingerprint density at radius 2 is 2.04 bits per heavy atom. The quantitative estimate of drug-likeness (QED) is 0.720. The van der Waals surface area contributed by atoms with E-state index in [0.717, 1.165) is 61.4 Å². The first-order chi connectivity index (χ1) is 10.8. The van der Waals surface area contributed by atoms with Crippen LogP contribution in [0.4, 0.5) is 0 Å². The van der Waals surface area contributed by atoms with Gasteiger partial charge in [-0.05, 0) is 43.2 Å². The molecule has 7 heteroatoms. The van der Waals surface area contributed by atoms with E-state index in [0.29, 0.717) is 5.92 Å². The van der Waals surface area contributed by atoms with E-state index >= 15 is 0 Å². The van der Waals surface area contributed by atoms with Gasteiger partial charge in [0.25, 0.3) is 5.91 Å². The second kappa shape index (κ2) is 6.37. The van der Waals surface area contributed by atoms with Crippen molar-refractivity contribution in [2.45, 2.75) is 32.2 Å². The molecule has 128 valence electrons. The number of piperidine rings is 1. The zero-order valence-electron chi connectivity index (χ0n) is 13.3. The smallest absolute Gasteiger partial charge is 0.272 e. The number of hydrogen-bond acceptors (Lipinski definition) is 3. The number of carbonyl (C=O) groups is 1. The number of nitrogens with zero attached hydrogens (tertiary/aromatic N) is 4. The van der Waals surface area contributed by atoms with E-state index in [-0.39, 0.29) is 30.7 Å². The molecule has 1 amide bonds. The first-order valence-corrected chi connectivity index (χ1v) is 8.13. The normalized spacial score (nSPS) is 20.8. The largest absolute Gasteiger partial charge is 0.337 e. The second-order valence-electron chi connectivity index (χ2n) is 6.65. The van der Waals surface area contributed by atoms with Crippen molar-refractivity contribution in [2.24, 2.45) is 5.92 Å². The van der Waals surface area contributed by atoms with Crippen molar-refractivity contribution in [3.8, 4) is 11.3 Å². The van der Waals surface area contributed by atoms with Crippen molar-refractivity contribution >= 4 is 30.7 Å². The molecule has 5 nitrogen and oxygen atoms in total. The Kier molecular flexibility index (Phi) is 4.58. The van der Waals surface area contributed by atoms with Crippen LogP contribution in [-0.4, -0.2) is 38.7 Å². The fourth-order valence-electron chi connectivity index (χ4n) is 4.23. The highest BCUT2D eigenvalue weighted by Gasteiger charge is 2.36. The van der Waals surface area contributed by atoms with Crippen molar-refractivity contribution in [2.75, 3.05) is 13.1 Å². The third kappa shape index (κ3) is 2.42. The van der Waals surface area contributed by atoms with Gasteiger partial charge >= 0.3 is 0 Å². The number of rotatable bonds is 0. The Morgan fingerprint density at radius 3 is 2.92 bits per heavy atom. The summed E-state index contributed by atoms with van der Waals surface area (Å²) >= 11 is 0. The van der Waals surface area contributed by atoms with Crippen molar-refractivity contribution in [3.63, 3.8) is 0 Å². The van der Waals surface area contributed by atoms with Gasteiger partial charge in [-0.15, -0.1) is 24.8 Å². The molecule has 0 N–H and O–H groups in total. The van der Waals surface area contributed by atoms with Gasteiger partial charge in [-0.1, -0.05) is 0 Å². The minimum absolute atomic E-state index is 0. The Hall–Kier alpha value is -1.59. The van der Waals surface area contributed by atoms with Crippen LogP contribution in [0.5, 0.6) is 0 Å². The summed E-state index contributed by atoms with van der Waals surface area (Å²) in [6.45, 7) is 2.68. The van der Waals surface area contributed by atoms with Gasteiger partial charge in [-0.3, -0.25) is 14.5 Å². The monoisotopic (exact) mass is 366 g/mol. The van der Waals surface area contributed by atoms with Crippen LogP contribution in [0.1, 0.15) is 34.5 Å². The van der Waals surface area contributed by atoms with Gasteiger partial charge in [0.15, 0.2) is 0 Å². The predicted octanol–water partition coefficient (Wildman–Crippen LogP) is 2.75. The zero-order valence-corrected chi connectivity index (χ0v) is 14.9. The molecular formula is C17H20Cl2N4O. The molecule has 1 unspecified atom stereocenters. The van der Waals surface area contributed by atoms with Crippen LogP contribution in [0.15, 0.2) is 18.5 Å². The van der Waals surface area contributed by atoms with Crippen LogP contribution < -0.4 is 0 Å². The highest BCUT2D eigenvalue weighted by molar-refractivity contribution is 5.96. The lowest BCUT2D eigenvalue weighted by Gasteiger charge is -2.29. The molecule has 5 rings (SSSR count). The molecule has 0 saturated carbocycles. The van der Waals surface area contributed by atoms with Crippen molar-refractivity contribution in [3.05, 3.63) is 35.3 Å². The molecule has 1 saturated heterocycles. The van der Waals surface area contributed by atoms with E-state index in [1.807, 2.05) is 28.0 Å². The Balaban J connectivity index is 0.000000845. The number of aromatic nitrogens is 3. The molecular weight excluding hydrogens is 347 g/mol. The number of halogens is 2. The fraction of sp³-hybridized carbons (Fsp3) is 0.471. The number of amides is 1. The SMILES string of the molecule is Cl.Cl.O=C1c2c3c(nn2CC2CCCN1C2)-c1ccncc1CC3. The number of pyridine rings is 1. The number of fused-ring (bicyclic) bond motifs is 7. The van der Waals surface area contributed by atoms with E-state index in [1.165, 1.54) is 12.0 Å². The van der Waals surface area contributed by atoms with Crippen LogP contribution in [0.25, 0.3) is 11.3 Å². The lowest BCUT2D eigenvalue weighted by molar-refractivity contribution is 0.0690. The highest BCUT2D eigenvalue weighted by atomic mass is 35.5. The van der Waals surface area contributed by atoms with Gasteiger partial charge in [-0.2, -0.15) is 5.10 Å². The summed E-state index contributed by atoms with van der Waals surface area (Å²) in [6, 6.07) is 2.03. The molecule has 1 fully saturated rings. The molecule has 24 heavy (non-hydrogen) atoms. The Bertz CT molecular complexity index is 789. The minimum atomic E-state index is 0. The lowest BCUT2D eigenvalue weighted by atomic mass is 9.90. The standard InChI is InChI=1S/C17H18N4O.2ClH/c22-17-16-14-4-3-12-8-18-6-5-13(12)15(14)19-21(16)10-11-2-1-7-20(17)9-11;;/h5-6,8,11H,1-4,7,9-10H2;2*1H. The number of aryl methyl sites for hydroxylation is 1. The summed E-state index contributed by atoms with van der Waals surface area (Å²) < 4.78 is 2.00. The Labute approximate surface area is 153 Å². The van der Waals surface area contributed by atoms with Gasteiger partial charge < -0.3 is 4.90 Å². The van der Waals surface area contributed by atoms with Gasteiger partial charge in [0.05, 0.1) is 5.69 Å².